The predicted molar refractivity (Wildman–Crippen MR) is 83.3 cm³/mol. The summed E-state index contributed by atoms with van der Waals surface area (Å²) in [6.07, 6.45) is -0.319. The predicted octanol–water partition coefficient (Wildman–Crippen LogP) is 3.83. The first kappa shape index (κ1) is 15.9. The van der Waals surface area contributed by atoms with Crippen molar-refractivity contribution < 1.29 is 18.8 Å². The van der Waals surface area contributed by atoms with E-state index in [1.807, 2.05) is 39.0 Å². The van der Waals surface area contributed by atoms with Crippen molar-refractivity contribution in [3.63, 3.8) is 0 Å². The maximum atomic E-state index is 5.38. The van der Waals surface area contributed by atoms with E-state index in [1.54, 1.807) is 20.3 Å². The van der Waals surface area contributed by atoms with Gasteiger partial charge in [0.2, 0.25) is 0 Å². The third-order valence-corrected chi connectivity index (χ3v) is 3.01. The van der Waals surface area contributed by atoms with Crippen molar-refractivity contribution in [3.05, 3.63) is 30.0 Å². The number of hydrogen-bond donors (Lipinski definition) is 0. The SMILES string of the molecule is COc1ccc(-c2cc([C@H](C)ON=C(C)C)on2)c(OC)c1. The molecule has 0 unspecified atom stereocenters. The molecule has 0 aliphatic carbocycles. The first-order chi connectivity index (χ1) is 10.5. The summed E-state index contributed by atoms with van der Waals surface area (Å²) in [7, 11) is 3.21. The molecule has 0 spiro atoms. The fourth-order valence-corrected chi connectivity index (χ4v) is 1.85. The Hall–Kier alpha value is -2.50. The van der Waals surface area contributed by atoms with Crippen LogP contribution in [-0.2, 0) is 4.84 Å². The lowest BCUT2D eigenvalue weighted by molar-refractivity contribution is 0.0516. The summed E-state index contributed by atoms with van der Waals surface area (Å²) in [4.78, 5) is 5.33. The van der Waals surface area contributed by atoms with Crippen molar-refractivity contribution in [1.82, 2.24) is 5.16 Å². The Morgan fingerprint density at radius 1 is 1.18 bits per heavy atom. The molecule has 0 aliphatic rings. The zero-order valence-corrected chi connectivity index (χ0v) is 13.4. The fraction of sp³-hybridized carbons (Fsp3) is 0.375. The maximum absolute atomic E-state index is 5.38. The molecule has 1 aromatic heterocycles. The zero-order chi connectivity index (χ0) is 16.1. The van der Waals surface area contributed by atoms with Gasteiger partial charge < -0.3 is 18.8 Å². The molecule has 1 aromatic carbocycles. The quantitative estimate of drug-likeness (QED) is 0.599. The number of ether oxygens (including phenoxy) is 2. The second-order valence-electron chi connectivity index (χ2n) is 4.97. The Labute approximate surface area is 129 Å². The molecule has 0 amide bonds. The topological polar surface area (TPSA) is 66.1 Å². The second-order valence-corrected chi connectivity index (χ2v) is 4.97. The van der Waals surface area contributed by atoms with Crippen LogP contribution in [0.25, 0.3) is 11.3 Å². The van der Waals surface area contributed by atoms with Crippen molar-refractivity contribution >= 4 is 5.71 Å². The standard InChI is InChI=1S/C16H20N2O4/c1-10(2)17-21-11(3)15-9-14(18-22-15)13-7-6-12(19-4)8-16(13)20-5/h6-9,11H,1-5H3/t11-/m0/s1. The van der Waals surface area contributed by atoms with Gasteiger partial charge in [0, 0.05) is 17.7 Å². The van der Waals surface area contributed by atoms with E-state index in [2.05, 4.69) is 10.3 Å². The van der Waals surface area contributed by atoms with Crippen LogP contribution in [-0.4, -0.2) is 25.1 Å². The lowest BCUT2D eigenvalue weighted by Crippen LogP contribution is -1.95. The van der Waals surface area contributed by atoms with Crippen molar-refractivity contribution in [3.8, 4) is 22.8 Å². The van der Waals surface area contributed by atoms with Crippen LogP contribution in [0, 0.1) is 0 Å². The summed E-state index contributed by atoms with van der Waals surface area (Å²) in [5.41, 5.74) is 2.33. The molecular weight excluding hydrogens is 284 g/mol. The molecule has 22 heavy (non-hydrogen) atoms. The summed E-state index contributed by atoms with van der Waals surface area (Å²) in [5, 5.41) is 8.00. The Morgan fingerprint density at radius 3 is 2.59 bits per heavy atom. The molecule has 0 saturated carbocycles. The number of benzene rings is 1. The monoisotopic (exact) mass is 304 g/mol. The van der Waals surface area contributed by atoms with Crippen molar-refractivity contribution in [1.29, 1.82) is 0 Å². The number of oxime groups is 1. The van der Waals surface area contributed by atoms with Gasteiger partial charge in [0.15, 0.2) is 11.9 Å². The molecule has 6 heteroatoms. The molecular formula is C16H20N2O4. The van der Waals surface area contributed by atoms with Gasteiger partial charge in [-0.25, -0.2) is 0 Å². The molecule has 6 nitrogen and oxygen atoms in total. The third kappa shape index (κ3) is 3.58. The van der Waals surface area contributed by atoms with Gasteiger partial charge in [-0.15, -0.1) is 0 Å². The highest BCUT2D eigenvalue weighted by atomic mass is 16.6. The third-order valence-electron chi connectivity index (χ3n) is 3.01. The van der Waals surface area contributed by atoms with Crippen LogP contribution in [0.5, 0.6) is 11.5 Å². The van der Waals surface area contributed by atoms with Crippen molar-refractivity contribution in [2.75, 3.05) is 14.2 Å². The molecule has 0 aliphatic heterocycles. The maximum Gasteiger partial charge on any atom is 0.184 e. The molecule has 2 rings (SSSR count). The number of hydrogen-bond acceptors (Lipinski definition) is 6. The molecule has 0 N–H and O–H groups in total. The molecule has 1 heterocycles. The van der Waals surface area contributed by atoms with E-state index in [1.165, 1.54) is 0 Å². The van der Waals surface area contributed by atoms with E-state index in [0.717, 1.165) is 11.3 Å². The summed E-state index contributed by atoms with van der Waals surface area (Å²) < 4.78 is 15.9. The van der Waals surface area contributed by atoms with Crippen LogP contribution in [0.4, 0.5) is 0 Å². The van der Waals surface area contributed by atoms with Crippen LogP contribution in [0.2, 0.25) is 0 Å². The van der Waals surface area contributed by atoms with E-state index in [9.17, 15) is 0 Å². The normalized spacial score (nSPS) is 11.7. The van der Waals surface area contributed by atoms with Crippen molar-refractivity contribution in [2.24, 2.45) is 5.16 Å². The van der Waals surface area contributed by atoms with Crippen LogP contribution in [0.3, 0.4) is 0 Å². The minimum Gasteiger partial charge on any atom is -0.497 e. The van der Waals surface area contributed by atoms with E-state index >= 15 is 0 Å². The van der Waals surface area contributed by atoms with Gasteiger partial charge in [0.25, 0.3) is 0 Å². The molecule has 118 valence electrons. The average Bonchev–Trinajstić information content (AvgIpc) is 3.01. The Morgan fingerprint density at radius 2 is 1.95 bits per heavy atom. The Balaban J connectivity index is 2.26. The molecule has 1 atom stereocenters. The smallest absolute Gasteiger partial charge is 0.184 e. The van der Waals surface area contributed by atoms with Crippen LogP contribution in [0.1, 0.15) is 32.6 Å². The van der Waals surface area contributed by atoms with Gasteiger partial charge in [-0.05, 0) is 32.9 Å². The van der Waals surface area contributed by atoms with Gasteiger partial charge in [-0.1, -0.05) is 10.3 Å². The first-order valence-electron chi connectivity index (χ1n) is 6.91. The van der Waals surface area contributed by atoms with Crippen molar-refractivity contribution in [2.45, 2.75) is 26.9 Å². The zero-order valence-electron chi connectivity index (χ0n) is 13.4. The lowest BCUT2D eigenvalue weighted by Gasteiger charge is -2.08. The number of nitrogens with zero attached hydrogens (tertiary/aromatic N) is 2. The molecule has 0 fully saturated rings. The highest BCUT2D eigenvalue weighted by Crippen LogP contribution is 2.34. The summed E-state index contributed by atoms with van der Waals surface area (Å²) in [5.74, 6) is 1.97. The minimum absolute atomic E-state index is 0.319. The van der Waals surface area contributed by atoms with E-state index < -0.39 is 0 Å². The number of methoxy groups -OCH3 is 2. The van der Waals surface area contributed by atoms with E-state index in [4.69, 9.17) is 18.8 Å². The van der Waals surface area contributed by atoms with Gasteiger partial charge in [0.05, 0.1) is 19.9 Å². The largest absolute Gasteiger partial charge is 0.497 e. The summed E-state index contributed by atoms with van der Waals surface area (Å²) >= 11 is 0. The highest BCUT2D eigenvalue weighted by Gasteiger charge is 2.17. The van der Waals surface area contributed by atoms with Gasteiger partial charge in [0.1, 0.15) is 17.2 Å². The van der Waals surface area contributed by atoms with E-state index in [0.29, 0.717) is 23.0 Å². The van der Waals surface area contributed by atoms with Crippen LogP contribution < -0.4 is 9.47 Å². The fourth-order valence-electron chi connectivity index (χ4n) is 1.85. The summed E-state index contributed by atoms with van der Waals surface area (Å²) in [6.45, 7) is 5.57. The number of rotatable bonds is 6. The van der Waals surface area contributed by atoms with Gasteiger partial charge in [-0.3, -0.25) is 0 Å². The highest BCUT2D eigenvalue weighted by molar-refractivity contribution is 5.78. The van der Waals surface area contributed by atoms with Gasteiger partial charge >= 0.3 is 0 Å². The van der Waals surface area contributed by atoms with Crippen LogP contribution >= 0.6 is 0 Å². The molecule has 0 saturated heterocycles. The molecule has 2 aromatic rings. The number of aromatic nitrogens is 1. The minimum atomic E-state index is -0.319. The molecule has 0 radical (unpaired) electrons. The van der Waals surface area contributed by atoms with Crippen LogP contribution in [0.15, 0.2) is 33.9 Å². The average molecular weight is 304 g/mol. The molecule has 0 bridgehead atoms. The Bertz CT molecular complexity index is 660. The van der Waals surface area contributed by atoms with E-state index in [-0.39, 0.29) is 6.10 Å². The Kier molecular flexibility index (Phi) is 5.04. The van der Waals surface area contributed by atoms with Gasteiger partial charge in [-0.2, -0.15) is 0 Å². The first-order valence-corrected chi connectivity index (χ1v) is 6.91. The summed E-state index contributed by atoms with van der Waals surface area (Å²) in [6, 6.07) is 7.33. The lowest BCUT2D eigenvalue weighted by atomic mass is 10.1. The second kappa shape index (κ2) is 6.98.